The van der Waals surface area contributed by atoms with Gasteiger partial charge in [0.25, 0.3) is 0 Å². The molecule has 0 aliphatic carbocycles. The highest BCUT2D eigenvalue weighted by atomic mass is 17.2. The predicted octanol–water partition coefficient (Wildman–Crippen LogP) is 1.18. The molecule has 0 bridgehead atoms. The maximum absolute atomic E-state index is 4.53. The number of hydrogen-bond acceptors (Lipinski definition) is 5. The molecule has 0 radical (unpaired) electrons. The van der Waals surface area contributed by atoms with Gasteiger partial charge in [-0.25, -0.2) is 24.7 Å². The van der Waals surface area contributed by atoms with E-state index < -0.39 is 0 Å². The van der Waals surface area contributed by atoms with Gasteiger partial charge in [-0.2, -0.15) is 0 Å². The Bertz CT molecular complexity index is 192. The lowest BCUT2D eigenvalue weighted by molar-refractivity contribution is -0.277. The van der Waals surface area contributed by atoms with E-state index in [1.54, 1.807) is 12.2 Å². The molecule has 5 nitrogen and oxygen atoms in total. The molecule has 1 rings (SSSR count). The molecule has 0 aliphatic heterocycles. The van der Waals surface area contributed by atoms with E-state index in [0.717, 1.165) is 0 Å². The quantitative estimate of drug-likeness (QED) is 0.305. The van der Waals surface area contributed by atoms with Crippen LogP contribution in [-0.4, -0.2) is 28.2 Å². The number of nitrogens with zero attached hydrogens (tertiary/aromatic N) is 3. The summed E-state index contributed by atoms with van der Waals surface area (Å²) in [6.07, 6.45) is 7.54. The molecule has 14 heavy (non-hydrogen) atoms. The van der Waals surface area contributed by atoms with Gasteiger partial charge in [0.2, 0.25) is 0 Å². The molecule has 0 N–H and O–H groups in total. The van der Waals surface area contributed by atoms with Gasteiger partial charge < -0.3 is 0 Å². The summed E-state index contributed by atoms with van der Waals surface area (Å²) in [4.78, 5) is 19.8. The van der Waals surface area contributed by atoms with Gasteiger partial charge in [0.05, 0.1) is 0 Å². The fraction of sp³-hybridized carbons (Fsp3) is 0.222. The topological polar surface area (TPSA) is 57.1 Å². The summed E-state index contributed by atoms with van der Waals surface area (Å²) in [5.41, 5.74) is 0. The molecule has 0 spiro atoms. The smallest absolute Gasteiger partial charge is 0.119 e. The minimum atomic E-state index is 0.424. The second-order valence-electron chi connectivity index (χ2n) is 1.94. The third kappa shape index (κ3) is 10.4. The van der Waals surface area contributed by atoms with Crippen molar-refractivity contribution in [2.45, 2.75) is 0 Å². The van der Waals surface area contributed by atoms with Gasteiger partial charge in [-0.05, 0) is 0 Å². The van der Waals surface area contributed by atoms with Gasteiger partial charge >= 0.3 is 0 Å². The third-order valence-electron chi connectivity index (χ3n) is 0.855. The molecule has 0 amide bonds. The van der Waals surface area contributed by atoms with Crippen LogP contribution in [0.2, 0.25) is 0 Å². The lowest BCUT2D eigenvalue weighted by atomic mass is 10.7. The van der Waals surface area contributed by atoms with Gasteiger partial charge in [-0.3, -0.25) is 0 Å². The van der Waals surface area contributed by atoms with Crippen LogP contribution >= 0.6 is 0 Å². The average Bonchev–Trinajstić information content (AvgIpc) is 2.28. The van der Waals surface area contributed by atoms with Crippen molar-refractivity contribution >= 4 is 0 Å². The van der Waals surface area contributed by atoms with E-state index in [1.165, 1.54) is 19.0 Å². The Morgan fingerprint density at radius 2 is 1.21 bits per heavy atom. The first-order valence-electron chi connectivity index (χ1n) is 3.93. The summed E-state index contributed by atoms with van der Waals surface area (Å²) in [5.74, 6) is 0. The number of hydrogen-bond donors (Lipinski definition) is 0. The Morgan fingerprint density at radius 3 is 1.43 bits per heavy atom. The summed E-state index contributed by atoms with van der Waals surface area (Å²) >= 11 is 0. The van der Waals surface area contributed by atoms with Crippen LogP contribution in [0.15, 0.2) is 44.3 Å². The van der Waals surface area contributed by atoms with Crippen molar-refractivity contribution in [3.8, 4) is 0 Å². The monoisotopic (exact) mass is 195 g/mol. The third-order valence-corrected chi connectivity index (χ3v) is 0.855. The average molecular weight is 195 g/mol. The van der Waals surface area contributed by atoms with Crippen LogP contribution in [-0.2, 0) is 9.78 Å². The molecule has 0 atom stereocenters. The van der Waals surface area contributed by atoms with E-state index in [4.69, 9.17) is 0 Å². The van der Waals surface area contributed by atoms with E-state index in [0.29, 0.717) is 13.2 Å². The molecular weight excluding hydrogens is 182 g/mol. The fourth-order valence-corrected chi connectivity index (χ4v) is 0.397. The SMILES string of the molecule is C=CCOOCC=C.c1ncncn1. The van der Waals surface area contributed by atoms with Crippen molar-refractivity contribution in [3.05, 3.63) is 44.3 Å². The Hall–Kier alpha value is -1.59. The van der Waals surface area contributed by atoms with Gasteiger partial charge in [0.15, 0.2) is 0 Å². The first kappa shape index (κ1) is 12.4. The van der Waals surface area contributed by atoms with Crippen molar-refractivity contribution in [1.82, 2.24) is 15.0 Å². The Labute approximate surface area is 83.1 Å². The minimum absolute atomic E-state index is 0.424. The molecule has 0 aliphatic rings. The second kappa shape index (κ2) is 11.4. The zero-order chi connectivity index (χ0) is 10.5. The highest BCUT2D eigenvalue weighted by Gasteiger charge is 1.76. The van der Waals surface area contributed by atoms with Crippen LogP contribution in [0.3, 0.4) is 0 Å². The summed E-state index contributed by atoms with van der Waals surface area (Å²) in [5, 5.41) is 0. The van der Waals surface area contributed by atoms with Crippen LogP contribution < -0.4 is 0 Å². The Morgan fingerprint density at radius 1 is 0.857 bits per heavy atom. The van der Waals surface area contributed by atoms with Crippen molar-refractivity contribution < 1.29 is 9.78 Å². The first-order chi connectivity index (χ1) is 6.91. The molecule has 1 aromatic rings. The molecule has 0 saturated heterocycles. The maximum atomic E-state index is 4.53. The van der Waals surface area contributed by atoms with Gasteiger partial charge in [0.1, 0.15) is 32.2 Å². The minimum Gasteiger partial charge on any atom is -0.232 e. The highest BCUT2D eigenvalue weighted by Crippen LogP contribution is 1.77. The van der Waals surface area contributed by atoms with Crippen LogP contribution in [0.5, 0.6) is 0 Å². The normalized spacial score (nSPS) is 8.29. The van der Waals surface area contributed by atoms with Crippen LogP contribution in [0, 0.1) is 0 Å². The molecule has 0 saturated carbocycles. The van der Waals surface area contributed by atoms with E-state index in [-0.39, 0.29) is 0 Å². The van der Waals surface area contributed by atoms with Crippen molar-refractivity contribution in [3.63, 3.8) is 0 Å². The molecule has 0 aromatic carbocycles. The van der Waals surface area contributed by atoms with Gasteiger partial charge in [-0.15, -0.1) is 13.2 Å². The van der Waals surface area contributed by atoms with E-state index in [1.807, 2.05) is 0 Å². The fourth-order valence-electron chi connectivity index (χ4n) is 0.397. The highest BCUT2D eigenvalue weighted by molar-refractivity contribution is 4.64. The molecule has 5 heteroatoms. The zero-order valence-electron chi connectivity index (χ0n) is 7.87. The molecular formula is C9H13N3O2. The van der Waals surface area contributed by atoms with E-state index >= 15 is 0 Å². The van der Waals surface area contributed by atoms with Crippen molar-refractivity contribution in [1.29, 1.82) is 0 Å². The molecule has 1 heterocycles. The standard InChI is InChI=1S/C6H10O2.C3H3N3/c1-3-5-7-8-6-4-2;1-4-2-6-3-5-1/h3-4H,1-2,5-6H2;1-3H. The van der Waals surface area contributed by atoms with E-state index in [2.05, 4.69) is 37.9 Å². The molecule has 1 aromatic heterocycles. The lowest BCUT2D eigenvalue weighted by Crippen LogP contribution is -1.92. The van der Waals surface area contributed by atoms with Crippen LogP contribution in [0.25, 0.3) is 0 Å². The van der Waals surface area contributed by atoms with E-state index in [9.17, 15) is 0 Å². The summed E-state index contributed by atoms with van der Waals surface area (Å²) in [7, 11) is 0. The Balaban J connectivity index is 0.000000249. The van der Waals surface area contributed by atoms with Crippen LogP contribution in [0.1, 0.15) is 0 Å². The van der Waals surface area contributed by atoms with Crippen LogP contribution in [0.4, 0.5) is 0 Å². The second-order valence-corrected chi connectivity index (χ2v) is 1.94. The summed E-state index contributed by atoms with van der Waals surface area (Å²) in [6.45, 7) is 7.70. The van der Waals surface area contributed by atoms with Crippen molar-refractivity contribution in [2.75, 3.05) is 13.2 Å². The zero-order valence-corrected chi connectivity index (χ0v) is 7.87. The number of rotatable bonds is 5. The molecule has 0 unspecified atom stereocenters. The lowest BCUT2D eigenvalue weighted by Gasteiger charge is -1.94. The summed E-state index contributed by atoms with van der Waals surface area (Å²) < 4.78 is 0. The summed E-state index contributed by atoms with van der Waals surface area (Å²) in [6, 6.07) is 0. The predicted molar refractivity (Wildman–Crippen MR) is 52.1 cm³/mol. The Kier molecular flexibility index (Phi) is 10.1. The number of aromatic nitrogens is 3. The molecule has 76 valence electrons. The van der Waals surface area contributed by atoms with Gasteiger partial charge in [0, 0.05) is 0 Å². The largest absolute Gasteiger partial charge is 0.232 e. The maximum Gasteiger partial charge on any atom is 0.119 e. The molecule has 0 fully saturated rings. The van der Waals surface area contributed by atoms with Gasteiger partial charge in [-0.1, -0.05) is 12.2 Å². The first-order valence-corrected chi connectivity index (χ1v) is 3.93. The van der Waals surface area contributed by atoms with Crippen molar-refractivity contribution in [2.24, 2.45) is 0 Å².